The van der Waals surface area contributed by atoms with E-state index in [1.54, 1.807) is 0 Å². The standard InChI is InChI=1S/C20H18N4O4S/c1-12(28-18(26)14-7-9-15(10-8-14)22-19(21)27)17(25)24-20-23-16(11-29-20)13-5-3-2-4-6-13/h2-12H,1H3,(H3,21,22,27)(H,23,24,25)/t12-/m1/s1. The molecule has 4 N–H and O–H groups in total. The minimum absolute atomic E-state index is 0.236. The fourth-order valence-corrected chi connectivity index (χ4v) is 3.12. The van der Waals surface area contributed by atoms with Crippen LogP contribution < -0.4 is 16.4 Å². The molecule has 0 saturated carbocycles. The molecule has 1 atom stereocenters. The Balaban J connectivity index is 1.57. The van der Waals surface area contributed by atoms with Gasteiger partial charge >= 0.3 is 12.0 Å². The molecule has 29 heavy (non-hydrogen) atoms. The number of amides is 3. The van der Waals surface area contributed by atoms with Crippen molar-refractivity contribution in [3.63, 3.8) is 0 Å². The van der Waals surface area contributed by atoms with Gasteiger partial charge in [-0.3, -0.25) is 10.1 Å². The monoisotopic (exact) mass is 410 g/mol. The summed E-state index contributed by atoms with van der Waals surface area (Å²) in [7, 11) is 0. The number of aromatic nitrogens is 1. The van der Waals surface area contributed by atoms with Crippen LogP contribution in [0, 0.1) is 0 Å². The summed E-state index contributed by atoms with van der Waals surface area (Å²) in [6.07, 6.45) is -1.02. The molecule has 0 aliphatic heterocycles. The van der Waals surface area contributed by atoms with Crippen LogP contribution in [0.2, 0.25) is 0 Å². The minimum Gasteiger partial charge on any atom is -0.449 e. The average molecular weight is 410 g/mol. The van der Waals surface area contributed by atoms with Gasteiger partial charge in [-0.05, 0) is 31.2 Å². The first-order valence-electron chi connectivity index (χ1n) is 8.61. The molecule has 0 fully saturated rings. The Morgan fingerprint density at radius 3 is 2.38 bits per heavy atom. The number of nitrogens with one attached hydrogen (secondary N) is 2. The van der Waals surface area contributed by atoms with Crippen molar-refractivity contribution < 1.29 is 19.1 Å². The topological polar surface area (TPSA) is 123 Å². The fraction of sp³-hybridized carbons (Fsp3) is 0.100. The Morgan fingerprint density at radius 2 is 1.72 bits per heavy atom. The molecule has 3 amide bonds. The molecule has 3 aromatic rings. The summed E-state index contributed by atoms with van der Waals surface area (Å²) in [6, 6.07) is 14.8. The van der Waals surface area contributed by atoms with Gasteiger partial charge in [-0.2, -0.15) is 0 Å². The average Bonchev–Trinajstić information content (AvgIpc) is 3.17. The molecule has 0 aliphatic rings. The Morgan fingerprint density at radius 1 is 1.03 bits per heavy atom. The molecule has 0 bridgehead atoms. The van der Waals surface area contributed by atoms with Crippen LogP contribution in [0.25, 0.3) is 11.3 Å². The zero-order valence-corrected chi connectivity index (χ0v) is 16.2. The number of nitrogens with two attached hydrogens (primary N) is 1. The van der Waals surface area contributed by atoms with E-state index in [0.29, 0.717) is 10.8 Å². The summed E-state index contributed by atoms with van der Waals surface area (Å²) in [6.45, 7) is 1.47. The predicted octanol–water partition coefficient (Wildman–Crippen LogP) is 3.48. The number of thiazole rings is 1. The van der Waals surface area contributed by atoms with Crippen LogP contribution in [-0.4, -0.2) is 29.0 Å². The van der Waals surface area contributed by atoms with Gasteiger partial charge in [0.15, 0.2) is 11.2 Å². The molecule has 0 aliphatic carbocycles. The molecule has 1 heterocycles. The van der Waals surface area contributed by atoms with Gasteiger partial charge in [0.1, 0.15) is 0 Å². The maximum atomic E-state index is 12.3. The molecule has 8 nitrogen and oxygen atoms in total. The summed E-state index contributed by atoms with van der Waals surface area (Å²) < 4.78 is 5.20. The lowest BCUT2D eigenvalue weighted by molar-refractivity contribution is -0.123. The normalized spacial score (nSPS) is 11.3. The zero-order valence-electron chi connectivity index (χ0n) is 15.4. The zero-order chi connectivity index (χ0) is 20.8. The van der Waals surface area contributed by atoms with Crippen LogP contribution in [0.5, 0.6) is 0 Å². The van der Waals surface area contributed by atoms with Crippen molar-refractivity contribution in [1.82, 2.24) is 4.98 Å². The van der Waals surface area contributed by atoms with E-state index in [2.05, 4.69) is 15.6 Å². The van der Waals surface area contributed by atoms with Crippen molar-refractivity contribution in [1.29, 1.82) is 0 Å². The first kappa shape index (κ1) is 20.0. The lowest BCUT2D eigenvalue weighted by Crippen LogP contribution is -2.30. The molecular formula is C20H18N4O4S. The highest BCUT2D eigenvalue weighted by molar-refractivity contribution is 7.14. The summed E-state index contributed by atoms with van der Waals surface area (Å²) in [5.41, 5.74) is 7.40. The third-order valence-electron chi connectivity index (χ3n) is 3.85. The summed E-state index contributed by atoms with van der Waals surface area (Å²) >= 11 is 1.28. The van der Waals surface area contributed by atoms with Crippen molar-refractivity contribution >= 4 is 40.1 Å². The third kappa shape index (κ3) is 5.39. The maximum absolute atomic E-state index is 12.3. The number of carbonyl (C=O) groups excluding carboxylic acids is 3. The molecule has 0 radical (unpaired) electrons. The maximum Gasteiger partial charge on any atom is 0.338 e. The molecule has 0 spiro atoms. The van der Waals surface area contributed by atoms with E-state index in [-0.39, 0.29) is 5.56 Å². The number of urea groups is 1. The predicted molar refractivity (Wildman–Crippen MR) is 111 cm³/mol. The van der Waals surface area contributed by atoms with Gasteiger partial charge in [0, 0.05) is 16.6 Å². The first-order chi connectivity index (χ1) is 13.9. The first-order valence-corrected chi connectivity index (χ1v) is 9.49. The summed E-state index contributed by atoms with van der Waals surface area (Å²) in [4.78, 5) is 39.7. The largest absolute Gasteiger partial charge is 0.449 e. The number of hydrogen-bond acceptors (Lipinski definition) is 6. The number of esters is 1. The van der Waals surface area contributed by atoms with Gasteiger partial charge in [0.05, 0.1) is 11.3 Å². The number of benzene rings is 2. The Bertz CT molecular complexity index is 1020. The quantitative estimate of drug-likeness (QED) is 0.537. The molecule has 0 unspecified atom stereocenters. The molecule has 2 aromatic carbocycles. The van der Waals surface area contributed by atoms with Gasteiger partial charge in [0.25, 0.3) is 5.91 Å². The van der Waals surface area contributed by atoms with E-state index >= 15 is 0 Å². The molecular weight excluding hydrogens is 392 g/mol. The second-order valence-electron chi connectivity index (χ2n) is 6.01. The minimum atomic E-state index is -1.02. The number of hydrogen-bond donors (Lipinski definition) is 3. The summed E-state index contributed by atoms with van der Waals surface area (Å²) in [5.74, 6) is -1.15. The van der Waals surface area contributed by atoms with Gasteiger partial charge in [-0.15, -0.1) is 11.3 Å². The van der Waals surface area contributed by atoms with Crippen LogP contribution in [0.4, 0.5) is 15.6 Å². The van der Waals surface area contributed by atoms with E-state index in [4.69, 9.17) is 10.5 Å². The highest BCUT2D eigenvalue weighted by Gasteiger charge is 2.20. The summed E-state index contributed by atoms with van der Waals surface area (Å²) in [5, 5.41) is 7.29. The van der Waals surface area contributed by atoms with E-state index in [0.717, 1.165) is 11.3 Å². The van der Waals surface area contributed by atoms with Crippen molar-refractivity contribution in [2.75, 3.05) is 10.6 Å². The van der Waals surface area contributed by atoms with Crippen LogP contribution in [0.3, 0.4) is 0 Å². The van der Waals surface area contributed by atoms with E-state index in [1.807, 2.05) is 35.7 Å². The SMILES string of the molecule is C[C@@H](OC(=O)c1ccc(NC(N)=O)cc1)C(=O)Nc1nc(-c2ccccc2)cs1. The number of carbonyl (C=O) groups is 3. The molecule has 9 heteroatoms. The second kappa shape index (κ2) is 8.98. The van der Waals surface area contributed by atoms with Gasteiger partial charge < -0.3 is 15.8 Å². The number of rotatable bonds is 6. The van der Waals surface area contributed by atoms with Gasteiger partial charge in [-0.25, -0.2) is 14.6 Å². The van der Waals surface area contributed by atoms with Gasteiger partial charge in [-0.1, -0.05) is 30.3 Å². The van der Waals surface area contributed by atoms with Gasteiger partial charge in [0.2, 0.25) is 0 Å². The Kier molecular flexibility index (Phi) is 6.20. The molecule has 148 valence electrons. The second-order valence-corrected chi connectivity index (χ2v) is 6.87. The van der Waals surface area contributed by atoms with Crippen molar-refractivity contribution in [2.45, 2.75) is 13.0 Å². The van der Waals surface area contributed by atoms with E-state index in [9.17, 15) is 14.4 Å². The lowest BCUT2D eigenvalue weighted by atomic mass is 10.2. The number of primary amides is 1. The highest BCUT2D eigenvalue weighted by atomic mass is 32.1. The number of anilines is 2. The van der Waals surface area contributed by atoms with E-state index < -0.39 is 24.0 Å². The van der Waals surface area contributed by atoms with Crippen molar-refractivity contribution in [3.05, 3.63) is 65.5 Å². The molecule has 1 aromatic heterocycles. The lowest BCUT2D eigenvalue weighted by Gasteiger charge is -2.12. The fourth-order valence-electron chi connectivity index (χ4n) is 2.39. The van der Waals surface area contributed by atoms with Crippen molar-refractivity contribution in [2.24, 2.45) is 5.73 Å². The van der Waals surface area contributed by atoms with Crippen LogP contribution >= 0.6 is 11.3 Å². The highest BCUT2D eigenvalue weighted by Crippen LogP contribution is 2.24. The third-order valence-corrected chi connectivity index (χ3v) is 4.60. The smallest absolute Gasteiger partial charge is 0.338 e. The Labute approximate surface area is 170 Å². The Hall–Kier alpha value is -3.72. The van der Waals surface area contributed by atoms with Crippen molar-refractivity contribution in [3.8, 4) is 11.3 Å². The van der Waals surface area contributed by atoms with Crippen LogP contribution in [0.15, 0.2) is 60.0 Å². The molecule has 0 saturated heterocycles. The van der Waals surface area contributed by atoms with Crippen LogP contribution in [-0.2, 0) is 9.53 Å². The van der Waals surface area contributed by atoms with E-state index in [1.165, 1.54) is 42.5 Å². The number of nitrogens with zero attached hydrogens (tertiary/aromatic N) is 1. The molecule has 3 rings (SSSR count). The van der Waals surface area contributed by atoms with Crippen LogP contribution in [0.1, 0.15) is 17.3 Å². The number of ether oxygens (including phenoxy) is 1.